The zero-order valence-electron chi connectivity index (χ0n) is 13.9. The predicted molar refractivity (Wildman–Crippen MR) is 91.5 cm³/mol. The number of nitro groups is 1. The number of nitrogens with one attached hydrogen (secondary N) is 2. The van der Waals surface area contributed by atoms with Crippen molar-refractivity contribution in [2.24, 2.45) is 0 Å². The van der Waals surface area contributed by atoms with E-state index in [1.165, 1.54) is 12.1 Å². The average molecular weight is 363 g/mol. The molecule has 0 aromatic heterocycles. The van der Waals surface area contributed by atoms with Crippen molar-refractivity contribution in [2.75, 3.05) is 0 Å². The molecule has 9 heteroatoms. The number of benzene rings is 2. The van der Waals surface area contributed by atoms with Crippen molar-refractivity contribution in [3.05, 3.63) is 68.8 Å². The van der Waals surface area contributed by atoms with Gasteiger partial charge in [0.25, 0.3) is 21.6 Å². The van der Waals surface area contributed by atoms with Crippen LogP contribution in [0.3, 0.4) is 0 Å². The second-order valence-corrected chi connectivity index (χ2v) is 7.21. The van der Waals surface area contributed by atoms with Crippen LogP contribution < -0.4 is 10.3 Å². The molecule has 1 amide bonds. The molecule has 0 saturated carbocycles. The Morgan fingerprint density at radius 3 is 2.04 bits per heavy atom. The number of sulfonamides is 1. The van der Waals surface area contributed by atoms with E-state index in [9.17, 15) is 23.3 Å². The van der Waals surface area contributed by atoms with Crippen LogP contribution in [0.25, 0.3) is 0 Å². The average Bonchev–Trinajstić information content (AvgIpc) is 2.51. The minimum absolute atomic E-state index is 0.0886. The highest BCUT2D eigenvalue weighted by Gasteiger charge is 2.21. The summed E-state index contributed by atoms with van der Waals surface area (Å²) in [6.07, 6.45) is 0. The highest BCUT2D eigenvalue weighted by molar-refractivity contribution is 7.89. The van der Waals surface area contributed by atoms with Crippen LogP contribution in [0.1, 0.15) is 27.0 Å². The molecule has 0 fully saturated rings. The molecule has 0 heterocycles. The third-order valence-electron chi connectivity index (χ3n) is 3.51. The number of hydrogen-bond acceptors (Lipinski definition) is 5. The number of nitro benzene ring substituents is 1. The maximum absolute atomic E-state index is 12.4. The molecule has 8 nitrogen and oxygen atoms in total. The maximum Gasteiger partial charge on any atom is 0.269 e. The van der Waals surface area contributed by atoms with E-state index in [-0.39, 0.29) is 16.1 Å². The molecule has 0 aliphatic carbocycles. The van der Waals surface area contributed by atoms with E-state index in [0.29, 0.717) is 11.1 Å². The SMILES string of the molecule is Cc1cc(C)c(S(=O)(=O)NNC(=O)c2ccc([N+](=O)[O-])cc2)c(C)c1. The lowest BCUT2D eigenvalue weighted by Crippen LogP contribution is -2.42. The van der Waals surface area contributed by atoms with Gasteiger partial charge in [0.1, 0.15) is 0 Å². The molecule has 0 aliphatic rings. The van der Waals surface area contributed by atoms with Crippen LogP contribution in [-0.2, 0) is 10.0 Å². The number of carbonyl (C=O) groups excluding carboxylic acids is 1. The summed E-state index contributed by atoms with van der Waals surface area (Å²) in [5.41, 5.74) is 4.10. The normalized spacial score (nSPS) is 11.2. The summed E-state index contributed by atoms with van der Waals surface area (Å²) in [6, 6.07) is 8.28. The zero-order valence-corrected chi connectivity index (χ0v) is 14.7. The number of nitrogens with zero attached hydrogens (tertiary/aromatic N) is 1. The minimum Gasteiger partial charge on any atom is -0.273 e. The van der Waals surface area contributed by atoms with E-state index >= 15 is 0 Å². The van der Waals surface area contributed by atoms with E-state index < -0.39 is 20.9 Å². The zero-order chi connectivity index (χ0) is 18.8. The summed E-state index contributed by atoms with van der Waals surface area (Å²) < 4.78 is 24.9. The van der Waals surface area contributed by atoms with Gasteiger partial charge in [0.05, 0.1) is 9.82 Å². The fourth-order valence-corrected chi connectivity index (χ4v) is 3.86. The molecule has 132 valence electrons. The maximum atomic E-state index is 12.4. The Labute approximate surface area is 145 Å². The fourth-order valence-electron chi connectivity index (χ4n) is 2.56. The molecule has 2 N–H and O–H groups in total. The smallest absolute Gasteiger partial charge is 0.269 e. The number of carbonyl (C=O) groups is 1. The minimum atomic E-state index is -3.95. The third-order valence-corrected chi connectivity index (χ3v) is 5.06. The topological polar surface area (TPSA) is 118 Å². The summed E-state index contributed by atoms with van der Waals surface area (Å²) in [5.74, 6) is -0.721. The lowest BCUT2D eigenvalue weighted by molar-refractivity contribution is -0.384. The molecule has 0 bridgehead atoms. The number of aryl methyl sites for hydroxylation is 3. The van der Waals surface area contributed by atoms with Gasteiger partial charge in [-0.25, -0.2) is 8.42 Å². The van der Waals surface area contributed by atoms with Gasteiger partial charge in [0.2, 0.25) is 0 Å². The Hall–Kier alpha value is -2.78. The van der Waals surface area contributed by atoms with Crippen LogP contribution in [0.15, 0.2) is 41.3 Å². The number of hydrazine groups is 1. The first-order valence-electron chi connectivity index (χ1n) is 7.26. The fraction of sp³-hybridized carbons (Fsp3) is 0.188. The van der Waals surface area contributed by atoms with Gasteiger partial charge in [-0.05, 0) is 44.0 Å². The van der Waals surface area contributed by atoms with E-state index in [4.69, 9.17) is 0 Å². The first-order valence-corrected chi connectivity index (χ1v) is 8.74. The van der Waals surface area contributed by atoms with Crippen LogP contribution in [0.4, 0.5) is 5.69 Å². The van der Waals surface area contributed by atoms with Crippen LogP contribution >= 0.6 is 0 Å². The van der Waals surface area contributed by atoms with Gasteiger partial charge in [0.15, 0.2) is 0 Å². The lowest BCUT2D eigenvalue weighted by Gasteiger charge is -2.13. The quantitative estimate of drug-likeness (QED) is 0.623. The van der Waals surface area contributed by atoms with Crippen molar-refractivity contribution in [2.45, 2.75) is 25.7 Å². The van der Waals surface area contributed by atoms with Crippen LogP contribution in [0, 0.1) is 30.9 Å². The van der Waals surface area contributed by atoms with E-state index in [1.54, 1.807) is 26.0 Å². The Morgan fingerprint density at radius 2 is 1.56 bits per heavy atom. The summed E-state index contributed by atoms with van der Waals surface area (Å²) in [4.78, 5) is 24.2. The van der Waals surface area contributed by atoms with E-state index in [0.717, 1.165) is 17.7 Å². The van der Waals surface area contributed by atoms with Gasteiger partial charge >= 0.3 is 0 Å². The largest absolute Gasteiger partial charge is 0.273 e. The lowest BCUT2D eigenvalue weighted by atomic mass is 10.1. The number of hydrogen-bond donors (Lipinski definition) is 2. The Morgan fingerprint density at radius 1 is 1.04 bits per heavy atom. The molecule has 0 unspecified atom stereocenters. The third kappa shape index (κ3) is 4.20. The molecular formula is C16H17N3O5S. The molecule has 0 spiro atoms. The molecule has 2 aromatic carbocycles. The molecular weight excluding hydrogens is 346 g/mol. The second-order valence-electron chi connectivity index (χ2n) is 5.59. The highest BCUT2D eigenvalue weighted by atomic mass is 32.2. The number of amides is 1. The summed E-state index contributed by atoms with van der Waals surface area (Å²) >= 11 is 0. The number of non-ortho nitro benzene ring substituents is 1. The summed E-state index contributed by atoms with van der Waals surface area (Å²) in [7, 11) is -3.95. The Kier molecular flexibility index (Phi) is 5.19. The molecule has 0 radical (unpaired) electrons. The van der Waals surface area contributed by atoms with Crippen molar-refractivity contribution in [3.8, 4) is 0 Å². The van der Waals surface area contributed by atoms with Gasteiger partial charge in [-0.2, -0.15) is 0 Å². The molecule has 25 heavy (non-hydrogen) atoms. The van der Waals surface area contributed by atoms with Gasteiger partial charge < -0.3 is 0 Å². The van der Waals surface area contributed by atoms with Gasteiger partial charge in [-0.1, -0.05) is 17.7 Å². The van der Waals surface area contributed by atoms with Crippen LogP contribution in [0.2, 0.25) is 0 Å². The van der Waals surface area contributed by atoms with Crippen LogP contribution in [0.5, 0.6) is 0 Å². The molecule has 0 atom stereocenters. The Balaban J connectivity index is 2.17. The van der Waals surface area contributed by atoms with Crippen LogP contribution in [-0.4, -0.2) is 19.2 Å². The standard InChI is InChI=1S/C16H17N3O5S/c1-10-8-11(2)15(12(3)9-10)25(23,24)18-17-16(20)13-4-6-14(7-5-13)19(21)22/h4-9,18H,1-3H3,(H,17,20). The van der Waals surface area contributed by atoms with E-state index in [2.05, 4.69) is 10.3 Å². The summed E-state index contributed by atoms with van der Waals surface area (Å²) in [5, 5.41) is 10.6. The first kappa shape index (κ1) is 18.6. The van der Waals surface area contributed by atoms with Gasteiger partial charge in [0, 0.05) is 17.7 Å². The van der Waals surface area contributed by atoms with Gasteiger partial charge in [-0.15, -0.1) is 4.83 Å². The van der Waals surface area contributed by atoms with E-state index in [1.807, 2.05) is 6.92 Å². The monoisotopic (exact) mass is 363 g/mol. The molecule has 0 aliphatic heterocycles. The number of rotatable bonds is 5. The first-order chi connectivity index (χ1) is 11.6. The van der Waals surface area contributed by atoms with Crippen molar-refractivity contribution in [1.82, 2.24) is 10.3 Å². The summed E-state index contributed by atoms with van der Waals surface area (Å²) in [6.45, 7) is 5.21. The molecule has 2 rings (SSSR count). The molecule has 0 saturated heterocycles. The van der Waals surface area contributed by atoms with Crippen molar-refractivity contribution in [3.63, 3.8) is 0 Å². The molecule has 2 aromatic rings. The van der Waals surface area contributed by atoms with Crippen molar-refractivity contribution >= 4 is 21.6 Å². The van der Waals surface area contributed by atoms with Gasteiger partial charge in [-0.3, -0.25) is 20.3 Å². The second kappa shape index (κ2) is 6.99. The highest BCUT2D eigenvalue weighted by Crippen LogP contribution is 2.21. The Bertz CT molecular complexity index is 914. The van der Waals surface area contributed by atoms with Crippen molar-refractivity contribution < 1.29 is 18.1 Å². The van der Waals surface area contributed by atoms with Crippen molar-refractivity contribution in [1.29, 1.82) is 0 Å². The predicted octanol–water partition coefficient (Wildman–Crippen LogP) is 2.14.